The SMILES string of the molecule is CN(C)[C@](C#N)(c1ccccc1)[C@H](CC(=O)c1ccccc1)c1ccccc1. The zero-order valence-corrected chi connectivity index (χ0v) is 16.2. The molecule has 0 saturated carbocycles. The van der Waals surface area contributed by atoms with Gasteiger partial charge < -0.3 is 0 Å². The van der Waals surface area contributed by atoms with Crippen LogP contribution in [-0.4, -0.2) is 24.8 Å². The van der Waals surface area contributed by atoms with Crippen LogP contribution in [0.1, 0.15) is 33.8 Å². The van der Waals surface area contributed by atoms with Crippen molar-refractivity contribution in [2.24, 2.45) is 0 Å². The number of Topliss-reactive ketones (excluding diaryl/α,β-unsaturated/α-hetero) is 1. The number of likely N-dealkylation sites (N-methyl/N-ethyl adjacent to an activating group) is 1. The molecule has 3 aromatic carbocycles. The molecule has 28 heavy (non-hydrogen) atoms. The quantitative estimate of drug-likeness (QED) is 0.550. The van der Waals surface area contributed by atoms with Gasteiger partial charge in [-0.05, 0) is 25.2 Å². The van der Waals surface area contributed by atoms with Gasteiger partial charge in [0.05, 0.1) is 6.07 Å². The van der Waals surface area contributed by atoms with Crippen molar-refractivity contribution in [1.29, 1.82) is 5.26 Å². The largest absolute Gasteiger partial charge is 0.294 e. The molecule has 140 valence electrons. The standard InChI is InChI=1S/C25H24N2O/c1-27(2)25(19-26,22-16-10-5-11-17-22)23(20-12-6-3-7-13-20)18-24(28)21-14-8-4-9-15-21/h3-17,23H,18H2,1-2H3/t23-,25-/m1/s1. The van der Waals surface area contributed by atoms with E-state index in [0.29, 0.717) is 5.56 Å². The maximum atomic E-state index is 13.1. The molecule has 0 unspecified atom stereocenters. The first-order valence-electron chi connectivity index (χ1n) is 9.37. The summed E-state index contributed by atoms with van der Waals surface area (Å²) in [6.07, 6.45) is 0.245. The van der Waals surface area contributed by atoms with E-state index in [1.807, 2.05) is 110 Å². The van der Waals surface area contributed by atoms with E-state index in [0.717, 1.165) is 11.1 Å². The van der Waals surface area contributed by atoms with Crippen LogP contribution in [-0.2, 0) is 5.54 Å². The predicted molar refractivity (Wildman–Crippen MR) is 112 cm³/mol. The van der Waals surface area contributed by atoms with Crippen LogP contribution in [0.15, 0.2) is 91.0 Å². The molecule has 0 amide bonds. The summed E-state index contributed by atoms with van der Waals surface area (Å²) >= 11 is 0. The van der Waals surface area contributed by atoms with E-state index in [9.17, 15) is 10.1 Å². The Hall–Kier alpha value is -3.22. The van der Waals surface area contributed by atoms with Crippen LogP contribution in [0, 0.1) is 11.3 Å². The molecule has 3 aromatic rings. The van der Waals surface area contributed by atoms with Gasteiger partial charge in [0, 0.05) is 17.9 Å². The summed E-state index contributed by atoms with van der Waals surface area (Å²) in [6, 6.07) is 31.5. The molecule has 0 saturated heterocycles. The van der Waals surface area contributed by atoms with E-state index >= 15 is 0 Å². The number of carbonyl (C=O) groups excluding carboxylic acids is 1. The van der Waals surface area contributed by atoms with Crippen molar-refractivity contribution >= 4 is 5.78 Å². The first kappa shape index (κ1) is 19.5. The van der Waals surface area contributed by atoms with Gasteiger partial charge in [0.15, 0.2) is 5.78 Å². The minimum Gasteiger partial charge on any atom is -0.294 e. The highest BCUT2D eigenvalue weighted by molar-refractivity contribution is 5.96. The Morgan fingerprint density at radius 3 is 1.89 bits per heavy atom. The molecule has 3 nitrogen and oxygen atoms in total. The number of hydrogen-bond acceptors (Lipinski definition) is 3. The monoisotopic (exact) mass is 368 g/mol. The fraction of sp³-hybridized carbons (Fsp3) is 0.200. The number of rotatable bonds is 7. The third-order valence-electron chi connectivity index (χ3n) is 5.28. The summed E-state index contributed by atoms with van der Waals surface area (Å²) in [6.45, 7) is 0. The molecule has 0 radical (unpaired) electrons. The normalized spacial score (nSPS) is 14.1. The summed E-state index contributed by atoms with van der Waals surface area (Å²) in [7, 11) is 3.80. The van der Waals surface area contributed by atoms with Gasteiger partial charge in [-0.15, -0.1) is 0 Å². The lowest BCUT2D eigenvalue weighted by Gasteiger charge is -2.41. The lowest BCUT2D eigenvalue weighted by atomic mass is 9.71. The maximum absolute atomic E-state index is 13.1. The molecule has 0 N–H and O–H groups in total. The van der Waals surface area contributed by atoms with E-state index in [4.69, 9.17) is 0 Å². The summed E-state index contributed by atoms with van der Waals surface area (Å²) in [5, 5.41) is 10.4. The van der Waals surface area contributed by atoms with Crippen LogP contribution >= 0.6 is 0 Å². The molecular weight excluding hydrogens is 344 g/mol. The van der Waals surface area contributed by atoms with E-state index in [1.165, 1.54) is 0 Å². The Labute approximate surface area is 166 Å². The van der Waals surface area contributed by atoms with Gasteiger partial charge in [0.25, 0.3) is 0 Å². The van der Waals surface area contributed by atoms with Crippen LogP contribution in [0.4, 0.5) is 0 Å². The Morgan fingerprint density at radius 2 is 1.39 bits per heavy atom. The van der Waals surface area contributed by atoms with E-state index < -0.39 is 5.54 Å². The first-order chi connectivity index (χ1) is 13.6. The van der Waals surface area contributed by atoms with Crippen molar-refractivity contribution < 1.29 is 4.79 Å². The van der Waals surface area contributed by atoms with Gasteiger partial charge in [-0.1, -0.05) is 91.0 Å². The smallest absolute Gasteiger partial charge is 0.163 e. The molecule has 0 bridgehead atoms. The highest BCUT2D eigenvalue weighted by Gasteiger charge is 2.44. The fourth-order valence-electron chi connectivity index (χ4n) is 3.83. The first-order valence-corrected chi connectivity index (χ1v) is 9.37. The van der Waals surface area contributed by atoms with Gasteiger partial charge in [0.1, 0.15) is 5.54 Å². The third kappa shape index (κ3) is 3.74. The maximum Gasteiger partial charge on any atom is 0.163 e. The van der Waals surface area contributed by atoms with E-state index in [2.05, 4.69) is 6.07 Å². The number of benzene rings is 3. The highest BCUT2D eigenvalue weighted by Crippen LogP contribution is 2.43. The lowest BCUT2D eigenvalue weighted by Crippen LogP contribution is -2.46. The van der Waals surface area contributed by atoms with Gasteiger partial charge in [0.2, 0.25) is 0 Å². The van der Waals surface area contributed by atoms with Gasteiger partial charge in [-0.3, -0.25) is 9.69 Å². The van der Waals surface area contributed by atoms with Crippen LogP contribution in [0.25, 0.3) is 0 Å². The van der Waals surface area contributed by atoms with Crippen molar-refractivity contribution in [3.8, 4) is 6.07 Å². The second kappa shape index (κ2) is 8.65. The Morgan fingerprint density at radius 1 is 0.893 bits per heavy atom. The Balaban J connectivity index is 2.14. The van der Waals surface area contributed by atoms with Crippen molar-refractivity contribution in [2.75, 3.05) is 14.1 Å². The summed E-state index contributed by atoms with van der Waals surface area (Å²) in [4.78, 5) is 15.0. The molecule has 0 heterocycles. The van der Waals surface area contributed by atoms with Crippen LogP contribution in [0.2, 0.25) is 0 Å². The van der Waals surface area contributed by atoms with Gasteiger partial charge >= 0.3 is 0 Å². The van der Waals surface area contributed by atoms with Gasteiger partial charge in [-0.2, -0.15) is 5.26 Å². The van der Waals surface area contributed by atoms with Crippen molar-refractivity contribution in [3.05, 3.63) is 108 Å². The van der Waals surface area contributed by atoms with Crippen molar-refractivity contribution in [3.63, 3.8) is 0 Å². The molecule has 3 heteroatoms. The fourth-order valence-corrected chi connectivity index (χ4v) is 3.83. The predicted octanol–water partition coefficient (Wildman–Crippen LogP) is 5.02. The van der Waals surface area contributed by atoms with Crippen LogP contribution in [0.5, 0.6) is 0 Å². The Bertz CT molecular complexity index is 946. The minimum atomic E-state index is -0.965. The van der Waals surface area contributed by atoms with Crippen LogP contribution < -0.4 is 0 Å². The van der Waals surface area contributed by atoms with Crippen molar-refractivity contribution in [2.45, 2.75) is 17.9 Å². The molecule has 0 aliphatic rings. The average molecular weight is 368 g/mol. The molecule has 3 rings (SSSR count). The molecular formula is C25H24N2O. The number of carbonyl (C=O) groups is 1. The zero-order valence-electron chi connectivity index (χ0n) is 16.2. The molecule has 0 fully saturated rings. The zero-order chi connectivity index (χ0) is 20.0. The molecule has 0 aromatic heterocycles. The third-order valence-corrected chi connectivity index (χ3v) is 5.28. The summed E-state index contributed by atoms with van der Waals surface area (Å²) in [5.74, 6) is -0.282. The lowest BCUT2D eigenvalue weighted by molar-refractivity contribution is 0.0926. The van der Waals surface area contributed by atoms with Gasteiger partial charge in [-0.25, -0.2) is 0 Å². The Kier molecular flexibility index (Phi) is 6.03. The molecule has 0 aliphatic carbocycles. The second-order valence-electron chi connectivity index (χ2n) is 7.10. The number of hydrogen-bond donors (Lipinski definition) is 0. The van der Waals surface area contributed by atoms with E-state index in [1.54, 1.807) is 0 Å². The molecule has 0 aliphatic heterocycles. The van der Waals surface area contributed by atoms with E-state index in [-0.39, 0.29) is 18.1 Å². The number of nitriles is 1. The average Bonchev–Trinajstić information content (AvgIpc) is 2.75. The molecule has 2 atom stereocenters. The molecule has 0 spiro atoms. The number of nitrogens with zero attached hydrogens (tertiary/aromatic N) is 2. The van der Waals surface area contributed by atoms with Crippen molar-refractivity contribution in [1.82, 2.24) is 4.90 Å². The second-order valence-corrected chi connectivity index (χ2v) is 7.10. The topological polar surface area (TPSA) is 44.1 Å². The van der Waals surface area contributed by atoms with Crippen LogP contribution in [0.3, 0.4) is 0 Å². The highest BCUT2D eigenvalue weighted by atomic mass is 16.1. The minimum absolute atomic E-state index is 0.0341. The summed E-state index contributed by atoms with van der Waals surface area (Å²) in [5.41, 5.74) is 1.57. The summed E-state index contributed by atoms with van der Waals surface area (Å²) < 4.78 is 0. The number of ketones is 1.